The van der Waals surface area contributed by atoms with Gasteiger partial charge in [0.15, 0.2) is 0 Å². The van der Waals surface area contributed by atoms with Gasteiger partial charge in [-0.05, 0) is 48.9 Å². The van der Waals surface area contributed by atoms with Gasteiger partial charge in [0, 0.05) is 29.4 Å². The van der Waals surface area contributed by atoms with Crippen LogP contribution in [0.4, 0.5) is 5.69 Å². The molecule has 0 bridgehead atoms. The highest BCUT2D eigenvalue weighted by molar-refractivity contribution is 7.99. The van der Waals surface area contributed by atoms with E-state index < -0.39 is 10.0 Å². The Morgan fingerprint density at radius 1 is 1.12 bits per heavy atom. The molecule has 0 saturated carbocycles. The van der Waals surface area contributed by atoms with Gasteiger partial charge in [-0.2, -0.15) is 4.31 Å². The highest BCUT2D eigenvalue weighted by atomic mass is 35.5. The zero-order valence-electron chi connectivity index (χ0n) is 17.8. The van der Waals surface area contributed by atoms with Gasteiger partial charge in [-0.25, -0.2) is 8.42 Å². The second-order valence-corrected chi connectivity index (χ2v) is 10.1. The van der Waals surface area contributed by atoms with E-state index in [4.69, 9.17) is 16.0 Å². The Balaban J connectivity index is 1.65. The molecule has 0 saturated heterocycles. The molecule has 1 N–H and O–H groups in total. The van der Waals surface area contributed by atoms with Crippen molar-refractivity contribution < 1.29 is 17.6 Å². The van der Waals surface area contributed by atoms with Crippen LogP contribution in [0.3, 0.4) is 0 Å². The maximum Gasteiger partial charge on any atom is 0.277 e. The molecule has 32 heavy (non-hydrogen) atoms. The van der Waals surface area contributed by atoms with Crippen LogP contribution >= 0.6 is 23.4 Å². The van der Waals surface area contributed by atoms with E-state index >= 15 is 0 Å². The van der Waals surface area contributed by atoms with E-state index in [1.54, 1.807) is 57.2 Å². The van der Waals surface area contributed by atoms with Crippen LogP contribution in [-0.4, -0.2) is 47.7 Å². The lowest BCUT2D eigenvalue weighted by Gasteiger charge is -2.20. The molecule has 0 aliphatic carbocycles. The molecule has 0 aliphatic heterocycles. The van der Waals surface area contributed by atoms with Crippen LogP contribution in [0, 0.1) is 6.92 Å². The molecule has 8 nitrogen and oxygen atoms in total. The first-order valence-corrected chi connectivity index (χ1v) is 12.7. The van der Waals surface area contributed by atoms with E-state index in [-0.39, 0.29) is 21.8 Å². The first kappa shape index (κ1) is 24.2. The van der Waals surface area contributed by atoms with Crippen molar-refractivity contribution in [2.45, 2.75) is 30.9 Å². The number of halogens is 1. The Morgan fingerprint density at radius 2 is 1.81 bits per heavy atom. The Kier molecular flexibility index (Phi) is 7.94. The van der Waals surface area contributed by atoms with Gasteiger partial charge in [-0.15, -0.1) is 10.2 Å². The highest BCUT2D eigenvalue weighted by Crippen LogP contribution is 2.26. The van der Waals surface area contributed by atoms with Gasteiger partial charge >= 0.3 is 0 Å². The topological polar surface area (TPSA) is 105 Å². The Hall–Kier alpha value is -2.40. The van der Waals surface area contributed by atoms with Crippen molar-refractivity contribution in [2.24, 2.45) is 0 Å². The highest BCUT2D eigenvalue weighted by Gasteiger charge is 2.24. The van der Waals surface area contributed by atoms with E-state index in [0.29, 0.717) is 35.3 Å². The number of nitrogens with zero attached hydrogens (tertiary/aromatic N) is 3. The summed E-state index contributed by atoms with van der Waals surface area (Å²) >= 11 is 6.96. The number of aromatic nitrogens is 2. The summed E-state index contributed by atoms with van der Waals surface area (Å²) in [5.74, 6) is 0.0273. The van der Waals surface area contributed by atoms with Crippen LogP contribution in [0.1, 0.15) is 19.4 Å². The van der Waals surface area contributed by atoms with Crippen molar-refractivity contribution in [3.05, 3.63) is 53.1 Å². The van der Waals surface area contributed by atoms with E-state index in [1.165, 1.54) is 10.4 Å². The summed E-state index contributed by atoms with van der Waals surface area (Å²) < 4.78 is 32.7. The molecule has 0 spiro atoms. The van der Waals surface area contributed by atoms with Gasteiger partial charge in [-0.3, -0.25) is 4.79 Å². The Morgan fingerprint density at radius 3 is 2.47 bits per heavy atom. The molecule has 170 valence electrons. The molecule has 0 atom stereocenters. The summed E-state index contributed by atoms with van der Waals surface area (Å²) in [6, 6.07) is 11.8. The third kappa shape index (κ3) is 5.69. The minimum Gasteiger partial charge on any atom is -0.411 e. The molecule has 1 amide bonds. The first-order valence-electron chi connectivity index (χ1n) is 9.87. The molecule has 3 aromatic rings. The summed E-state index contributed by atoms with van der Waals surface area (Å²) in [6.07, 6.45) is 0. The molecular weight excluding hydrogens is 472 g/mol. The van der Waals surface area contributed by atoms with Crippen LogP contribution in [0.2, 0.25) is 5.02 Å². The number of carbonyl (C=O) groups is 1. The number of benzene rings is 2. The smallest absolute Gasteiger partial charge is 0.277 e. The van der Waals surface area contributed by atoms with Gasteiger partial charge in [0.1, 0.15) is 0 Å². The van der Waals surface area contributed by atoms with Crippen LogP contribution in [0.15, 0.2) is 57.0 Å². The SMILES string of the molecule is CCN(CC)S(=O)(=O)c1cc(NC(=O)CSc2nnc(-c3ccc(Cl)cc3)o2)ccc1C. The van der Waals surface area contributed by atoms with Crippen molar-refractivity contribution in [1.82, 2.24) is 14.5 Å². The molecule has 3 rings (SSSR count). The van der Waals surface area contributed by atoms with Gasteiger partial charge in [0.25, 0.3) is 5.22 Å². The number of hydrogen-bond acceptors (Lipinski definition) is 7. The van der Waals surface area contributed by atoms with Crippen LogP contribution in [0.25, 0.3) is 11.5 Å². The van der Waals surface area contributed by atoms with Crippen molar-refractivity contribution >= 4 is 45.0 Å². The number of hydrogen-bond donors (Lipinski definition) is 1. The molecule has 0 fully saturated rings. The lowest BCUT2D eigenvalue weighted by molar-refractivity contribution is -0.113. The van der Waals surface area contributed by atoms with Crippen molar-refractivity contribution in [2.75, 3.05) is 24.2 Å². The summed E-state index contributed by atoms with van der Waals surface area (Å²) in [7, 11) is -3.64. The fourth-order valence-corrected chi connectivity index (χ4v) is 5.36. The third-order valence-electron chi connectivity index (χ3n) is 4.62. The Bertz CT molecular complexity index is 1190. The second-order valence-electron chi connectivity index (χ2n) is 6.79. The maximum atomic E-state index is 12.9. The summed E-state index contributed by atoms with van der Waals surface area (Å²) in [6.45, 7) is 6.04. The quantitative estimate of drug-likeness (QED) is 0.438. The molecule has 1 aromatic heterocycles. The van der Waals surface area contributed by atoms with Gasteiger partial charge in [0.2, 0.25) is 21.8 Å². The number of carbonyl (C=O) groups excluding carboxylic acids is 1. The van der Waals surface area contributed by atoms with Crippen LogP contribution < -0.4 is 5.32 Å². The molecular formula is C21H23ClN4O4S2. The van der Waals surface area contributed by atoms with Gasteiger partial charge in [0.05, 0.1) is 10.6 Å². The number of anilines is 1. The fourth-order valence-electron chi connectivity index (χ4n) is 2.96. The largest absolute Gasteiger partial charge is 0.411 e. The number of sulfonamides is 1. The molecule has 0 unspecified atom stereocenters. The van der Waals surface area contributed by atoms with E-state index in [0.717, 1.165) is 17.3 Å². The standard InChI is InChI=1S/C21H23ClN4O4S2/c1-4-26(5-2)32(28,29)18-12-17(11-6-14(18)3)23-19(27)13-31-21-25-24-20(30-21)15-7-9-16(22)10-8-15/h6-12H,4-5,13H2,1-3H3,(H,23,27). The normalized spacial score (nSPS) is 11.7. The zero-order valence-corrected chi connectivity index (χ0v) is 20.2. The number of aryl methyl sites for hydroxylation is 1. The van der Waals surface area contributed by atoms with Crippen molar-refractivity contribution in [3.8, 4) is 11.5 Å². The van der Waals surface area contributed by atoms with Gasteiger partial charge < -0.3 is 9.73 Å². The molecule has 1 heterocycles. The molecule has 0 radical (unpaired) electrons. The minimum atomic E-state index is -3.64. The number of amides is 1. The number of rotatable bonds is 9. The zero-order chi connectivity index (χ0) is 23.3. The van der Waals surface area contributed by atoms with E-state index in [2.05, 4.69) is 15.5 Å². The number of thioether (sulfide) groups is 1. The predicted molar refractivity (Wildman–Crippen MR) is 125 cm³/mol. The molecule has 2 aromatic carbocycles. The van der Waals surface area contributed by atoms with E-state index in [9.17, 15) is 13.2 Å². The lowest BCUT2D eigenvalue weighted by atomic mass is 10.2. The second kappa shape index (κ2) is 10.5. The van der Waals surface area contributed by atoms with E-state index in [1.807, 2.05) is 0 Å². The first-order chi connectivity index (χ1) is 15.2. The maximum absolute atomic E-state index is 12.9. The van der Waals surface area contributed by atoms with Crippen molar-refractivity contribution in [3.63, 3.8) is 0 Å². The minimum absolute atomic E-state index is 0.0221. The van der Waals surface area contributed by atoms with Crippen LogP contribution in [-0.2, 0) is 14.8 Å². The predicted octanol–water partition coefficient (Wildman–Crippen LogP) is 4.46. The van der Waals surface area contributed by atoms with Gasteiger partial charge in [-0.1, -0.05) is 43.3 Å². The summed E-state index contributed by atoms with van der Waals surface area (Å²) in [4.78, 5) is 12.6. The Labute approximate surface area is 196 Å². The third-order valence-corrected chi connectivity index (χ3v) is 7.88. The molecule has 0 aliphatic rings. The number of nitrogens with one attached hydrogen (secondary N) is 1. The molecule has 11 heteroatoms. The monoisotopic (exact) mass is 494 g/mol. The average Bonchev–Trinajstić information content (AvgIpc) is 3.24. The average molecular weight is 495 g/mol. The van der Waals surface area contributed by atoms with Crippen LogP contribution in [0.5, 0.6) is 0 Å². The van der Waals surface area contributed by atoms with Crippen molar-refractivity contribution in [1.29, 1.82) is 0 Å². The lowest BCUT2D eigenvalue weighted by Crippen LogP contribution is -2.31. The summed E-state index contributed by atoms with van der Waals surface area (Å²) in [5.41, 5.74) is 1.74. The summed E-state index contributed by atoms with van der Waals surface area (Å²) in [5, 5.41) is 11.5. The fraction of sp³-hybridized carbons (Fsp3) is 0.286.